The zero-order valence-corrected chi connectivity index (χ0v) is 13.3. The molecule has 0 unspecified atom stereocenters. The van der Waals surface area contributed by atoms with Gasteiger partial charge in [0.1, 0.15) is 0 Å². The van der Waals surface area contributed by atoms with Crippen molar-refractivity contribution in [2.45, 2.75) is 72.1 Å². The van der Waals surface area contributed by atoms with Gasteiger partial charge in [-0.2, -0.15) is 9.78 Å². The van der Waals surface area contributed by atoms with Gasteiger partial charge in [0.15, 0.2) is 0 Å². The van der Waals surface area contributed by atoms with Crippen molar-refractivity contribution in [1.29, 1.82) is 0 Å². The molecule has 0 bridgehead atoms. The molecule has 8 nitrogen and oxygen atoms in total. The molecule has 0 aromatic heterocycles. The second kappa shape index (κ2) is 8.28. The van der Waals surface area contributed by atoms with Crippen molar-refractivity contribution >= 4 is 11.9 Å². The Morgan fingerprint density at radius 3 is 1.67 bits per heavy atom. The van der Waals surface area contributed by atoms with E-state index in [-0.39, 0.29) is 12.8 Å². The average Bonchev–Trinajstić information content (AvgIpc) is 2.27. The van der Waals surface area contributed by atoms with Gasteiger partial charge in [0.2, 0.25) is 0 Å². The van der Waals surface area contributed by atoms with E-state index < -0.39 is 29.6 Å². The Labute approximate surface area is 124 Å². The van der Waals surface area contributed by atoms with E-state index in [1.165, 1.54) is 0 Å². The van der Waals surface area contributed by atoms with Crippen LogP contribution in [0.15, 0.2) is 0 Å². The minimum absolute atomic E-state index is 0.316. The molecule has 0 fully saturated rings. The first-order chi connectivity index (χ1) is 9.39. The van der Waals surface area contributed by atoms with Gasteiger partial charge in [0.25, 0.3) is 0 Å². The van der Waals surface area contributed by atoms with Crippen molar-refractivity contribution in [3.05, 3.63) is 0 Å². The van der Waals surface area contributed by atoms with Crippen LogP contribution in [0.4, 0.5) is 0 Å². The van der Waals surface area contributed by atoms with E-state index in [1.807, 2.05) is 0 Å². The van der Waals surface area contributed by atoms with Gasteiger partial charge >= 0.3 is 18.4 Å². The smallest absolute Gasteiger partial charge is 0.372 e. The lowest BCUT2D eigenvalue weighted by Crippen LogP contribution is -2.32. The van der Waals surface area contributed by atoms with Crippen LogP contribution < -0.4 is 0 Å². The fourth-order valence-corrected chi connectivity index (χ4v) is 0.798. The van der Waals surface area contributed by atoms with Crippen molar-refractivity contribution in [2.24, 2.45) is 0 Å². The maximum Gasteiger partial charge on any atom is 0.372 e. The van der Waals surface area contributed by atoms with Crippen LogP contribution in [0.2, 0.25) is 0 Å². The highest BCUT2D eigenvalue weighted by Crippen LogP contribution is 2.15. The van der Waals surface area contributed by atoms with Gasteiger partial charge in [-0.25, -0.2) is 9.78 Å². The largest absolute Gasteiger partial charge is 0.481 e. The lowest BCUT2D eigenvalue weighted by molar-refractivity contribution is -0.539. The van der Waals surface area contributed by atoms with Crippen LogP contribution in [-0.4, -0.2) is 34.7 Å². The van der Waals surface area contributed by atoms with Crippen LogP contribution in [0.5, 0.6) is 0 Å². The number of rotatable bonds is 8. The summed E-state index contributed by atoms with van der Waals surface area (Å²) in [4.78, 5) is 41.5. The van der Waals surface area contributed by atoms with Gasteiger partial charge in [-0.15, -0.1) is 0 Å². The van der Waals surface area contributed by atoms with Crippen molar-refractivity contribution in [1.82, 2.24) is 0 Å². The maximum atomic E-state index is 11.5. The Morgan fingerprint density at radius 2 is 1.33 bits per heavy atom. The predicted molar refractivity (Wildman–Crippen MR) is 70.6 cm³/mol. The van der Waals surface area contributed by atoms with E-state index in [9.17, 15) is 9.59 Å². The van der Waals surface area contributed by atoms with Gasteiger partial charge in [-0.3, -0.25) is 9.59 Å². The number of carbonyl (C=O) groups excluding carboxylic acids is 1. The van der Waals surface area contributed by atoms with Crippen molar-refractivity contribution in [2.75, 3.05) is 0 Å². The summed E-state index contributed by atoms with van der Waals surface area (Å²) < 4.78 is 4.80. The lowest BCUT2D eigenvalue weighted by Gasteiger charge is -2.25. The van der Waals surface area contributed by atoms with E-state index >= 15 is 0 Å². The van der Waals surface area contributed by atoms with Crippen LogP contribution >= 0.6 is 0 Å². The fraction of sp³-hybridized carbons (Fsp3) is 0.846. The second-order valence-corrected chi connectivity index (χ2v) is 6.26. The van der Waals surface area contributed by atoms with Crippen LogP contribution in [0.3, 0.4) is 0 Å². The first-order valence-electron chi connectivity index (χ1n) is 6.49. The van der Waals surface area contributed by atoms with Gasteiger partial charge in [-0.05, 0) is 41.5 Å². The summed E-state index contributed by atoms with van der Waals surface area (Å²) in [5, 5.41) is 8.50. The van der Waals surface area contributed by atoms with E-state index in [1.54, 1.807) is 41.5 Å². The highest BCUT2D eigenvalue weighted by Gasteiger charge is 2.25. The van der Waals surface area contributed by atoms with Gasteiger partial charge < -0.3 is 9.84 Å². The molecule has 0 aliphatic rings. The highest BCUT2D eigenvalue weighted by atomic mass is 17.3. The monoisotopic (exact) mass is 308 g/mol. The molecular weight excluding hydrogens is 284 g/mol. The minimum Gasteiger partial charge on any atom is -0.481 e. The Hall–Kier alpha value is -1.22. The molecule has 1 N–H and O–H groups in total. The lowest BCUT2D eigenvalue weighted by atomic mass is 10.2. The van der Waals surface area contributed by atoms with E-state index in [0.29, 0.717) is 0 Å². The van der Waals surface area contributed by atoms with Gasteiger partial charge in [0, 0.05) is 0 Å². The molecule has 0 aromatic rings. The Bertz CT molecular complexity index is 321. The van der Waals surface area contributed by atoms with Crippen molar-refractivity contribution in [3.8, 4) is 0 Å². The molecule has 0 amide bonds. The maximum absolute atomic E-state index is 11.5. The van der Waals surface area contributed by atoms with Gasteiger partial charge in [0.05, 0.1) is 24.0 Å². The molecule has 0 atom stereocenters. The molecule has 0 heterocycles. The van der Waals surface area contributed by atoms with Crippen LogP contribution in [0.1, 0.15) is 54.4 Å². The van der Waals surface area contributed by atoms with Crippen molar-refractivity contribution < 1.29 is 39.0 Å². The predicted octanol–water partition coefficient (Wildman–Crippen LogP) is 2.17. The number of hydrogen-bond donors (Lipinski definition) is 1. The van der Waals surface area contributed by atoms with Crippen LogP contribution in [0.25, 0.3) is 0 Å². The Kier molecular flexibility index (Phi) is 7.80. The third kappa shape index (κ3) is 13.5. The number of carbonyl (C=O) groups is 2. The summed E-state index contributed by atoms with van der Waals surface area (Å²) in [5.41, 5.74) is -1.31. The number of esters is 1. The summed E-state index contributed by atoms with van der Waals surface area (Å²) in [5.74, 6) is -1.92. The summed E-state index contributed by atoms with van der Waals surface area (Å²) in [7, 11) is 0. The standard InChI is InChI=1S/C13H24O8/c1-12(2,3)20-18-11(19-21-13(4,5)6)17-10(16)8-7-9(14)15/h11H,7-8H2,1-6H3,(H,14,15). The quantitative estimate of drug-likeness (QED) is 0.315. The van der Waals surface area contributed by atoms with E-state index in [2.05, 4.69) is 0 Å². The molecule has 0 aliphatic carbocycles. The summed E-state index contributed by atoms with van der Waals surface area (Å²) >= 11 is 0. The molecular formula is C13H24O8. The topological polar surface area (TPSA) is 101 Å². The summed E-state index contributed by atoms with van der Waals surface area (Å²) in [6.07, 6.45) is -0.671. The highest BCUT2D eigenvalue weighted by molar-refractivity contribution is 5.76. The third-order valence-corrected chi connectivity index (χ3v) is 1.52. The third-order valence-electron chi connectivity index (χ3n) is 1.52. The molecule has 21 heavy (non-hydrogen) atoms. The van der Waals surface area contributed by atoms with E-state index in [0.717, 1.165) is 0 Å². The second-order valence-electron chi connectivity index (χ2n) is 6.26. The number of aliphatic carboxylic acids is 1. The average molecular weight is 308 g/mol. The fourth-order valence-electron chi connectivity index (χ4n) is 0.798. The Balaban J connectivity index is 4.42. The van der Waals surface area contributed by atoms with Crippen LogP contribution in [0, 0.1) is 0 Å². The zero-order chi connectivity index (χ0) is 16.7. The van der Waals surface area contributed by atoms with Gasteiger partial charge in [-0.1, -0.05) is 0 Å². The van der Waals surface area contributed by atoms with Crippen LogP contribution in [-0.2, 0) is 33.9 Å². The number of ether oxygens (including phenoxy) is 1. The molecule has 0 aliphatic heterocycles. The Morgan fingerprint density at radius 1 is 0.905 bits per heavy atom. The summed E-state index contributed by atoms with van der Waals surface area (Å²) in [6, 6.07) is 0. The van der Waals surface area contributed by atoms with E-state index in [4.69, 9.17) is 29.4 Å². The normalized spacial score (nSPS) is 12.5. The molecule has 8 heteroatoms. The summed E-state index contributed by atoms with van der Waals surface area (Å²) in [6.45, 7) is 8.79. The first-order valence-corrected chi connectivity index (χ1v) is 6.49. The molecule has 0 spiro atoms. The number of hydrogen-bond acceptors (Lipinski definition) is 7. The SMILES string of the molecule is CC(C)(C)OOC(OOC(C)(C)C)OC(=O)CCC(=O)O. The number of carboxylic acids is 1. The first kappa shape index (κ1) is 19.8. The molecule has 0 saturated heterocycles. The number of carboxylic acid groups (broad SMARTS) is 1. The molecule has 0 rings (SSSR count). The zero-order valence-electron chi connectivity index (χ0n) is 13.3. The van der Waals surface area contributed by atoms with Crippen molar-refractivity contribution in [3.63, 3.8) is 0 Å². The molecule has 124 valence electrons. The molecule has 0 radical (unpaired) electrons. The molecule has 0 saturated carbocycles. The minimum atomic E-state index is -1.55. The molecule has 0 aromatic carbocycles.